The van der Waals surface area contributed by atoms with Gasteiger partial charge in [-0.05, 0) is 36.7 Å². The van der Waals surface area contributed by atoms with Crippen LogP contribution in [0.25, 0.3) is 0 Å². The van der Waals surface area contributed by atoms with Crippen molar-refractivity contribution in [3.8, 4) is 6.07 Å². The molecule has 1 aromatic heterocycles. The van der Waals surface area contributed by atoms with Crippen molar-refractivity contribution in [2.75, 3.05) is 17.2 Å². The van der Waals surface area contributed by atoms with Crippen molar-refractivity contribution in [2.45, 2.75) is 6.92 Å². The third-order valence-corrected chi connectivity index (χ3v) is 2.78. The summed E-state index contributed by atoms with van der Waals surface area (Å²) in [6, 6.07) is 6.88. The molecule has 6 nitrogen and oxygen atoms in total. The minimum absolute atomic E-state index is 0.0611. The van der Waals surface area contributed by atoms with Crippen LogP contribution in [0.2, 0.25) is 10.3 Å². The molecule has 0 radical (unpaired) electrons. The number of hydrogen-bond acceptors (Lipinski definition) is 6. The number of hydrogen-bond donors (Lipinski definition) is 2. The van der Waals surface area contributed by atoms with Crippen LogP contribution in [0.1, 0.15) is 12.5 Å². The van der Waals surface area contributed by atoms with Crippen LogP contribution in [0.4, 0.5) is 17.6 Å². The smallest absolute Gasteiger partial charge is 0.233 e. The number of nitrogens with zero attached hydrogens (tertiary/aromatic N) is 4. The summed E-state index contributed by atoms with van der Waals surface area (Å²) >= 11 is 11.9. The molecule has 2 rings (SSSR count). The van der Waals surface area contributed by atoms with E-state index in [0.29, 0.717) is 28.8 Å². The largest absolute Gasteiger partial charge is 0.354 e. The van der Waals surface area contributed by atoms with Crippen molar-refractivity contribution in [1.82, 2.24) is 15.0 Å². The first-order valence-electron chi connectivity index (χ1n) is 5.74. The second-order valence-corrected chi connectivity index (χ2v) is 4.46. The van der Waals surface area contributed by atoms with Gasteiger partial charge < -0.3 is 10.6 Å². The molecule has 0 fully saturated rings. The lowest BCUT2D eigenvalue weighted by atomic mass is 10.2. The van der Waals surface area contributed by atoms with E-state index in [9.17, 15) is 0 Å². The summed E-state index contributed by atoms with van der Waals surface area (Å²) < 4.78 is 0. The molecule has 8 heteroatoms. The Labute approximate surface area is 125 Å². The van der Waals surface area contributed by atoms with Gasteiger partial charge >= 0.3 is 0 Å². The van der Waals surface area contributed by atoms with Gasteiger partial charge in [0.1, 0.15) is 0 Å². The molecule has 0 saturated carbocycles. The third kappa shape index (κ3) is 3.47. The Kier molecular flexibility index (Phi) is 4.56. The highest BCUT2D eigenvalue weighted by Crippen LogP contribution is 2.25. The second kappa shape index (κ2) is 6.37. The fraction of sp³-hybridized carbons (Fsp3) is 0.167. The van der Waals surface area contributed by atoms with Crippen molar-refractivity contribution >= 4 is 40.8 Å². The van der Waals surface area contributed by atoms with Crippen LogP contribution in [0.5, 0.6) is 0 Å². The van der Waals surface area contributed by atoms with Gasteiger partial charge in [0.25, 0.3) is 0 Å². The lowest BCUT2D eigenvalue weighted by Gasteiger charge is -2.09. The molecule has 102 valence electrons. The van der Waals surface area contributed by atoms with Gasteiger partial charge in [-0.1, -0.05) is 11.6 Å². The van der Waals surface area contributed by atoms with E-state index in [1.54, 1.807) is 18.2 Å². The highest BCUT2D eigenvalue weighted by atomic mass is 35.5. The normalized spacial score (nSPS) is 9.90. The van der Waals surface area contributed by atoms with Gasteiger partial charge in [0.05, 0.1) is 22.3 Å². The first-order valence-corrected chi connectivity index (χ1v) is 6.50. The number of aromatic nitrogens is 3. The van der Waals surface area contributed by atoms with Gasteiger partial charge in [-0.3, -0.25) is 0 Å². The molecular weight excluding hydrogens is 299 g/mol. The predicted octanol–water partition coefficient (Wildman–Crippen LogP) is 3.23. The lowest BCUT2D eigenvalue weighted by molar-refractivity contribution is 1.02. The molecule has 2 N–H and O–H groups in total. The van der Waals surface area contributed by atoms with Crippen LogP contribution in [0.15, 0.2) is 18.2 Å². The van der Waals surface area contributed by atoms with E-state index >= 15 is 0 Å². The molecule has 1 aromatic carbocycles. The van der Waals surface area contributed by atoms with Crippen molar-refractivity contribution in [1.29, 1.82) is 5.26 Å². The first-order chi connectivity index (χ1) is 9.62. The molecule has 0 spiro atoms. The Morgan fingerprint density at radius 1 is 1.20 bits per heavy atom. The lowest BCUT2D eigenvalue weighted by Crippen LogP contribution is -2.06. The molecule has 0 aliphatic carbocycles. The summed E-state index contributed by atoms with van der Waals surface area (Å²) in [5.74, 6) is 0.612. The fourth-order valence-corrected chi connectivity index (χ4v) is 1.78. The first kappa shape index (κ1) is 14.3. The van der Waals surface area contributed by atoms with Crippen LogP contribution < -0.4 is 10.6 Å². The van der Waals surface area contributed by atoms with E-state index in [1.165, 1.54) is 0 Å². The fourth-order valence-electron chi connectivity index (χ4n) is 1.45. The Hall–Kier alpha value is -2.10. The minimum atomic E-state index is 0.0611. The second-order valence-electron chi connectivity index (χ2n) is 3.71. The summed E-state index contributed by atoms with van der Waals surface area (Å²) in [6.45, 7) is 2.57. The van der Waals surface area contributed by atoms with Crippen LogP contribution in [0, 0.1) is 11.3 Å². The quantitative estimate of drug-likeness (QED) is 0.901. The number of benzene rings is 1. The molecule has 0 amide bonds. The molecule has 0 bridgehead atoms. The highest BCUT2D eigenvalue weighted by Gasteiger charge is 2.07. The van der Waals surface area contributed by atoms with Gasteiger partial charge in [0.2, 0.25) is 17.2 Å². The molecule has 0 aliphatic rings. The molecule has 2 aromatic rings. The van der Waals surface area contributed by atoms with Crippen molar-refractivity contribution in [3.05, 3.63) is 34.1 Å². The number of nitrogens with one attached hydrogen (secondary N) is 2. The minimum Gasteiger partial charge on any atom is -0.354 e. The maximum atomic E-state index is 8.88. The van der Waals surface area contributed by atoms with Crippen LogP contribution >= 0.6 is 23.2 Å². The van der Waals surface area contributed by atoms with Crippen molar-refractivity contribution in [2.24, 2.45) is 0 Å². The van der Waals surface area contributed by atoms with E-state index < -0.39 is 0 Å². The molecule has 1 heterocycles. The molecule has 0 atom stereocenters. The number of rotatable bonds is 4. The van der Waals surface area contributed by atoms with Crippen LogP contribution in [0.3, 0.4) is 0 Å². The zero-order valence-corrected chi connectivity index (χ0v) is 12.0. The summed E-state index contributed by atoms with van der Waals surface area (Å²) in [6.07, 6.45) is 0. The average Bonchev–Trinajstić information content (AvgIpc) is 2.41. The zero-order valence-electron chi connectivity index (χ0n) is 10.5. The topological polar surface area (TPSA) is 86.5 Å². The van der Waals surface area contributed by atoms with E-state index in [0.717, 1.165) is 0 Å². The van der Waals surface area contributed by atoms with E-state index in [2.05, 4.69) is 25.6 Å². The van der Waals surface area contributed by atoms with E-state index in [-0.39, 0.29) is 11.2 Å². The Morgan fingerprint density at radius 3 is 2.65 bits per heavy atom. The zero-order chi connectivity index (χ0) is 14.5. The molecule has 0 unspecified atom stereocenters. The van der Waals surface area contributed by atoms with Gasteiger partial charge in [0.15, 0.2) is 0 Å². The van der Waals surface area contributed by atoms with Crippen molar-refractivity contribution < 1.29 is 0 Å². The molecule has 20 heavy (non-hydrogen) atoms. The van der Waals surface area contributed by atoms with Gasteiger partial charge in [-0.25, -0.2) is 0 Å². The summed E-state index contributed by atoms with van der Waals surface area (Å²) in [5.41, 5.74) is 0.999. The predicted molar refractivity (Wildman–Crippen MR) is 78.5 cm³/mol. The van der Waals surface area contributed by atoms with Crippen LogP contribution in [-0.2, 0) is 0 Å². The van der Waals surface area contributed by atoms with Gasteiger partial charge in [-0.15, -0.1) is 0 Å². The van der Waals surface area contributed by atoms with Crippen molar-refractivity contribution in [3.63, 3.8) is 0 Å². The van der Waals surface area contributed by atoms with Gasteiger partial charge in [-0.2, -0.15) is 20.2 Å². The highest BCUT2D eigenvalue weighted by molar-refractivity contribution is 6.33. The van der Waals surface area contributed by atoms with Crippen LogP contribution in [-0.4, -0.2) is 21.5 Å². The standard InChI is InChI=1S/C12H10Cl2N6/c1-2-16-11-18-10(14)19-12(20-11)17-9-5-7(6-15)3-4-8(9)13/h3-5H,2H2,1H3,(H2,16,17,18,19,20). The Bertz CT molecular complexity index is 667. The molecular formula is C12H10Cl2N6. The monoisotopic (exact) mass is 308 g/mol. The summed E-state index contributed by atoms with van der Waals surface area (Å²) in [7, 11) is 0. The maximum Gasteiger partial charge on any atom is 0.233 e. The van der Waals surface area contributed by atoms with Gasteiger partial charge in [0, 0.05) is 6.54 Å². The van der Waals surface area contributed by atoms with E-state index in [1.807, 2.05) is 13.0 Å². The molecule has 0 aliphatic heterocycles. The summed E-state index contributed by atoms with van der Waals surface area (Å²) in [4.78, 5) is 12.0. The SMILES string of the molecule is CCNc1nc(Cl)nc(Nc2cc(C#N)ccc2Cl)n1. The average molecular weight is 309 g/mol. The Morgan fingerprint density at radius 2 is 1.95 bits per heavy atom. The maximum absolute atomic E-state index is 8.88. The third-order valence-electron chi connectivity index (χ3n) is 2.28. The Balaban J connectivity index is 2.32. The number of nitriles is 1. The molecule has 0 saturated heterocycles. The number of halogens is 2. The number of anilines is 3. The summed E-state index contributed by atoms with van der Waals surface area (Å²) in [5, 5.41) is 15.3. The van der Waals surface area contributed by atoms with E-state index in [4.69, 9.17) is 28.5 Å².